The summed E-state index contributed by atoms with van der Waals surface area (Å²) in [6.45, 7) is 2.85. The summed E-state index contributed by atoms with van der Waals surface area (Å²) in [5.41, 5.74) is 3.51. The Balaban J connectivity index is 1.27. The summed E-state index contributed by atoms with van der Waals surface area (Å²) in [6.07, 6.45) is 5.27. The van der Waals surface area contributed by atoms with Crippen molar-refractivity contribution in [3.05, 3.63) is 66.2 Å². The maximum Gasteiger partial charge on any atom is 0.233 e. The summed E-state index contributed by atoms with van der Waals surface area (Å²) in [6, 6.07) is 18.2. The number of carbonyl (C=O) groups excluding carboxylic acids is 1. The van der Waals surface area contributed by atoms with Gasteiger partial charge in [-0.05, 0) is 54.7 Å². The van der Waals surface area contributed by atoms with Gasteiger partial charge in [0.25, 0.3) is 0 Å². The van der Waals surface area contributed by atoms with Crippen molar-refractivity contribution in [1.29, 1.82) is 0 Å². The molecule has 3 aromatic rings. The van der Waals surface area contributed by atoms with E-state index in [0.717, 1.165) is 54.7 Å². The fourth-order valence-electron chi connectivity index (χ4n) is 4.53. The topological polar surface area (TPSA) is 69.5 Å². The van der Waals surface area contributed by atoms with E-state index in [2.05, 4.69) is 45.1 Å². The Kier molecular flexibility index (Phi) is 7.49. The highest BCUT2D eigenvalue weighted by atomic mass is 32.2. The first kappa shape index (κ1) is 23.6. The molecule has 2 aliphatic rings. The molecule has 1 amide bonds. The molecule has 0 saturated carbocycles. The fraction of sp³-hybridized carbons (Fsp3) is 0.370. The summed E-state index contributed by atoms with van der Waals surface area (Å²) < 4.78 is 13.3. The second kappa shape index (κ2) is 11.1. The van der Waals surface area contributed by atoms with Crippen LogP contribution in [0.3, 0.4) is 0 Å². The van der Waals surface area contributed by atoms with Crippen LogP contribution in [-0.4, -0.2) is 64.2 Å². The normalized spacial score (nSPS) is 17.9. The van der Waals surface area contributed by atoms with Gasteiger partial charge in [-0.15, -0.1) is 10.2 Å². The number of amides is 1. The zero-order valence-electron chi connectivity index (χ0n) is 19.9. The molecule has 1 saturated heterocycles. The van der Waals surface area contributed by atoms with Crippen molar-refractivity contribution < 1.29 is 14.3 Å². The van der Waals surface area contributed by atoms with Crippen LogP contribution in [0.25, 0.3) is 17.0 Å². The smallest absolute Gasteiger partial charge is 0.233 e. The number of thioether (sulfide) groups is 1. The molecule has 0 bridgehead atoms. The van der Waals surface area contributed by atoms with Crippen molar-refractivity contribution in [2.24, 2.45) is 0 Å². The van der Waals surface area contributed by atoms with Crippen LogP contribution in [0.1, 0.15) is 24.8 Å². The summed E-state index contributed by atoms with van der Waals surface area (Å²) >= 11 is 1.45. The molecule has 35 heavy (non-hydrogen) atoms. The molecular weight excluding hydrogens is 460 g/mol. The van der Waals surface area contributed by atoms with Gasteiger partial charge in [0.2, 0.25) is 5.91 Å². The van der Waals surface area contributed by atoms with Gasteiger partial charge in [-0.2, -0.15) is 0 Å². The van der Waals surface area contributed by atoms with Crippen LogP contribution in [0.2, 0.25) is 0 Å². The minimum absolute atomic E-state index is 0.121. The largest absolute Gasteiger partial charge is 0.497 e. The molecule has 2 aliphatic heterocycles. The Morgan fingerprint density at radius 2 is 1.94 bits per heavy atom. The Morgan fingerprint density at radius 3 is 2.63 bits per heavy atom. The van der Waals surface area contributed by atoms with Crippen LogP contribution in [0, 0.1) is 0 Å². The standard InChI is InChI=1S/C27H30N4O3S/c1-33-23-11-9-22(10-12-23)26-28-29-27(31(26)18-24-8-5-17-34-24)35-19-25(32)30-15-13-21(14-16-30)20-6-3-2-4-7-20/h2-4,6-7,9-13,24H,5,8,14-19H2,1H3. The van der Waals surface area contributed by atoms with E-state index in [-0.39, 0.29) is 12.0 Å². The molecule has 0 spiro atoms. The predicted molar refractivity (Wildman–Crippen MR) is 137 cm³/mol. The van der Waals surface area contributed by atoms with Gasteiger partial charge in [0.05, 0.1) is 25.5 Å². The number of methoxy groups -OCH3 is 1. The molecule has 2 aromatic carbocycles. The highest BCUT2D eigenvalue weighted by Crippen LogP contribution is 2.28. The number of ether oxygens (including phenoxy) is 2. The number of aromatic nitrogens is 3. The number of hydrogen-bond acceptors (Lipinski definition) is 6. The Labute approximate surface area is 210 Å². The molecule has 5 rings (SSSR count). The van der Waals surface area contributed by atoms with Crippen molar-refractivity contribution in [2.45, 2.75) is 37.1 Å². The van der Waals surface area contributed by atoms with Crippen molar-refractivity contribution in [3.8, 4) is 17.1 Å². The molecule has 0 aliphatic carbocycles. The number of rotatable bonds is 8. The molecule has 182 valence electrons. The minimum Gasteiger partial charge on any atom is -0.497 e. The number of hydrogen-bond donors (Lipinski definition) is 0. The second-order valence-electron chi connectivity index (χ2n) is 8.75. The first-order chi connectivity index (χ1) is 17.2. The van der Waals surface area contributed by atoms with E-state index in [9.17, 15) is 4.79 Å². The SMILES string of the molecule is COc1ccc(-c2nnc(SCC(=O)N3CC=C(c4ccccc4)CC3)n2CC2CCCO2)cc1. The van der Waals surface area contributed by atoms with Crippen LogP contribution in [0.4, 0.5) is 0 Å². The third kappa shape index (κ3) is 5.60. The molecule has 1 unspecified atom stereocenters. The van der Waals surface area contributed by atoms with Crippen LogP contribution in [0.15, 0.2) is 65.8 Å². The predicted octanol–water partition coefficient (Wildman–Crippen LogP) is 4.54. The van der Waals surface area contributed by atoms with E-state index in [0.29, 0.717) is 18.8 Å². The van der Waals surface area contributed by atoms with Gasteiger partial charge in [-0.25, -0.2) is 0 Å². The lowest BCUT2D eigenvalue weighted by atomic mass is 10.00. The summed E-state index contributed by atoms with van der Waals surface area (Å²) in [4.78, 5) is 14.9. The highest BCUT2D eigenvalue weighted by Gasteiger charge is 2.24. The number of carbonyl (C=O) groups is 1. The van der Waals surface area contributed by atoms with Crippen molar-refractivity contribution in [2.75, 3.05) is 32.6 Å². The fourth-order valence-corrected chi connectivity index (χ4v) is 5.38. The third-order valence-corrected chi connectivity index (χ3v) is 7.46. The lowest BCUT2D eigenvalue weighted by Crippen LogP contribution is -2.36. The number of benzene rings is 2. The van der Waals surface area contributed by atoms with E-state index in [4.69, 9.17) is 9.47 Å². The molecule has 8 heteroatoms. The minimum atomic E-state index is 0.121. The van der Waals surface area contributed by atoms with Crippen molar-refractivity contribution in [3.63, 3.8) is 0 Å². The van der Waals surface area contributed by atoms with Crippen LogP contribution >= 0.6 is 11.8 Å². The number of nitrogens with zero attached hydrogens (tertiary/aromatic N) is 4. The van der Waals surface area contributed by atoms with Gasteiger partial charge in [0, 0.05) is 25.3 Å². The quantitative estimate of drug-likeness (QED) is 0.432. The van der Waals surface area contributed by atoms with Gasteiger partial charge in [0.1, 0.15) is 5.75 Å². The van der Waals surface area contributed by atoms with Gasteiger partial charge in [-0.1, -0.05) is 48.2 Å². The Bertz CT molecular complexity index is 1170. The summed E-state index contributed by atoms with van der Waals surface area (Å²) in [7, 11) is 1.65. The highest BCUT2D eigenvalue weighted by molar-refractivity contribution is 7.99. The monoisotopic (exact) mass is 490 g/mol. The average molecular weight is 491 g/mol. The summed E-state index contributed by atoms with van der Waals surface area (Å²) in [5.74, 6) is 2.04. The summed E-state index contributed by atoms with van der Waals surface area (Å²) in [5, 5.41) is 9.68. The van der Waals surface area contributed by atoms with Gasteiger partial charge in [-0.3, -0.25) is 9.36 Å². The molecule has 1 atom stereocenters. The zero-order valence-corrected chi connectivity index (χ0v) is 20.7. The van der Waals surface area contributed by atoms with Crippen LogP contribution in [-0.2, 0) is 16.1 Å². The molecular formula is C27H30N4O3S. The van der Waals surface area contributed by atoms with Crippen molar-refractivity contribution in [1.82, 2.24) is 19.7 Å². The van der Waals surface area contributed by atoms with Crippen LogP contribution < -0.4 is 4.74 Å². The lowest BCUT2D eigenvalue weighted by Gasteiger charge is -2.26. The van der Waals surface area contributed by atoms with E-state index in [1.54, 1.807) is 7.11 Å². The maximum atomic E-state index is 13.0. The van der Waals surface area contributed by atoms with Gasteiger partial charge in [0.15, 0.2) is 11.0 Å². The van der Waals surface area contributed by atoms with Gasteiger partial charge >= 0.3 is 0 Å². The average Bonchev–Trinajstić information content (AvgIpc) is 3.58. The van der Waals surface area contributed by atoms with E-state index < -0.39 is 0 Å². The molecule has 1 aromatic heterocycles. The van der Waals surface area contributed by atoms with E-state index in [1.165, 1.54) is 22.9 Å². The molecule has 1 fully saturated rings. The third-order valence-electron chi connectivity index (χ3n) is 6.51. The molecule has 7 nitrogen and oxygen atoms in total. The first-order valence-corrected chi connectivity index (χ1v) is 13.0. The lowest BCUT2D eigenvalue weighted by molar-refractivity contribution is -0.127. The Morgan fingerprint density at radius 1 is 1.11 bits per heavy atom. The van der Waals surface area contributed by atoms with E-state index in [1.807, 2.05) is 35.2 Å². The van der Waals surface area contributed by atoms with Gasteiger partial charge < -0.3 is 14.4 Å². The van der Waals surface area contributed by atoms with Crippen LogP contribution in [0.5, 0.6) is 5.75 Å². The maximum absolute atomic E-state index is 13.0. The Hall–Kier alpha value is -3.10. The molecule has 3 heterocycles. The van der Waals surface area contributed by atoms with E-state index >= 15 is 0 Å². The molecule has 0 radical (unpaired) electrons. The first-order valence-electron chi connectivity index (χ1n) is 12.1. The molecule has 0 N–H and O–H groups in total. The van der Waals surface area contributed by atoms with Crippen molar-refractivity contribution >= 4 is 23.2 Å². The zero-order chi connectivity index (χ0) is 24.0. The second-order valence-corrected chi connectivity index (χ2v) is 9.70.